The van der Waals surface area contributed by atoms with Crippen molar-refractivity contribution in [1.29, 1.82) is 5.26 Å². The number of aromatic nitrogens is 5. The van der Waals surface area contributed by atoms with Crippen molar-refractivity contribution in [2.75, 3.05) is 11.4 Å². The van der Waals surface area contributed by atoms with Crippen LogP contribution in [0.15, 0.2) is 49.2 Å². The van der Waals surface area contributed by atoms with Gasteiger partial charge in [0.2, 0.25) is 0 Å². The van der Waals surface area contributed by atoms with Crippen molar-refractivity contribution < 1.29 is 4.79 Å². The van der Waals surface area contributed by atoms with Crippen molar-refractivity contribution in [3.8, 4) is 40.7 Å². The number of nitrogens with zero attached hydrogens (tertiary/aromatic N) is 7. The van der Waals surface area contributed by atoms with E-state index in [0.29, 0.717) is 23.4 Å². The van der Waals surface area contributed by atoms with Gasteiger partial charge in [0, 0.05) is 66.4 Å². The lowest BCUT2D eigenvalue weighted by Gasteiger charge is -2.57. The molecule has 4 aromatic heterocycles. The van der Waals surface area contributed by atoms with Crippen molar-refractivity contribution in [1.82, 2.24) is 29.7 Å². The summed E-state index contributed by atoms with van der Waals surface area (Å²) in [5.74, 6) is 3.80. The summed E-state index contributed by atoms with van der Waals surface area (Å²) in [7, 11) is 1.89. The van der Waals surface area contributed by atoms with E-state index < -0.39 is 0 Å². The second-order valence-electron chi connectivity index (χ2n) is 11.1. The van der Waals surface area contributed by atoms with Gasteiger partial charge in [-0.3, -0.25) is 9.48 Å². The summed E-state index contributed by atoms with van der Waals surface area (Å²) in [6.45, 7) is 0.861. The number of terminal acetylenes is 1. The molecular formula is C30H28N8O. The van der Waals surface area contributed by atoms with E-state index in [9.17, 15) is 10.1 Å². The molecule has 0 radical (unpaired) electrons. The lowest BCUT2D eigenvalue weighted by atomic mass is 9.64. The number of piperidine rings is 2. The van der Waals surface area contributed by atoms with Gasteiger partial charge in [-0.2, -0.15) is 15.5 Å². The minimum absolute atomic E-state index is 0.184. The molecular weight excluding hydrogens is 488 g/mol. The summed E-state index contributed by atoms with van der Waals surface area (Å²) in [4.78, 5) is 19.6. The topological polar surface area (TPSA) is 104 Å². The maximum atomic E-state index is 12.2. The number of amides is 1. The standard InChI is InChI=1S/C30H28N8O/c1-3-28(39)35-30(23-5-6-23)11-25-8-7-24(30)18-37(25)27-9-4-19(13-32-27)26-10-20(22-15-33-36(2)16-22)17-38-29(26)21(12-31)14-34-38/h1,4,9-10,13-17,23-25H,5-8,11,18H2,2H3,(H,35,39). The molecule has 4 aliphatic rings. The smallest absolute Gasteiger partial charge is 0.296 e. The molecule has 4 fully saturated rings. The third kappa shape index (κ3) is 3.77. The summed E-state index contributed by atoms with van der Waals surface area (Å²) in [5.41, 5.74) is 4.84. The highest BCUT2D eigenvalue weighted by Crippen LogP contribution is 2.54. The third-order valence-corrected chi connectivity index (χ3v) is 8.91. The van der Waals surface area contributed by atoms with E-state index in [4.69, 9.17) is 11.4 Å². The number of nitrogens with one attached hydrogen (secondary N) is 1. The van der Waals surface area contributed by atoms with Crippen molar-refractivity contribution in [2.24, 2.45) is 18.9 Å². The van der Waals surface area contributed by atoms with Crippen LogP contribution in [0.25, 0.3) is 27.8 Å². The molecule has 3 unspecified atom stereocenters. The van der Waals surface area contributed by atoms with E-state index in [2.05, 4.69) is 50.6 Å². The van der Waals surface area contributed by atoms with E-state index >= 15 is 0 Å². The van der Waals surface area contributed by atoms with Crippen LogP contribution in [0, 0.1) is 35.5 Å². The van der Waals surface area contributed by atoms with Gasteiger partial charge in [0.1, 0.15) is 11.9 Å². The maximum Gasteiger partial charge on any atom is 0.296 e. The first kappa shape index (κ1) is 23.5. The number of aryl methyl sites for hydroxylation is 1. The molecule has 194 valence electrons. The summed E-state index contributed by atoms with van der Waals surface area (Å²) in [6, 6.07) is 8.81. The van der Waals surface area contributed by atoms with E-state index in [0.717, 1.165) is 72.2 Å². The maximum absolute atomic E-state index is 12.2. The van der Waals surface area contributed by atoms with Gasteiger partial charge < -0.3 is 10.2 Å². The van der Waals surface area contributed by atoms with Crippen LogP contribution in [-0.2, 0) is 11.8 Å². The van der Waals surface area contributed by atoms with Crippen molar-refractivity contribution in [3.05, 3.63) is 54.7 Å². The Balaban J connectivity index is 1.22. The van der Waals surface area contributed by atoms with Crippen LogP contribution in [0.4, 0.5) is 5.82 Å². The molecule has 9 nitrogen and oxygen atoms in total. The van der Waals surface area contributed by atoms with Gasteiger partial charge >= 0.3 is 0 Å². The number of pyridine rings is 2. The van der Waals surface area contributed by atoms with Gasteiger partial charge in [-0.1, -0.05) is 0 Å². The van der Waals surface area contributed by atoms with Crippen LogP contribution in [0.5, 0.6) is 0 Å². The predicted molar refractivity (Wildman–Crippen MR) is 146 cm³/mol. The summed E-state index contributed by atoms with van der Waals surface area (Å²) < 4.78 is 3.53. The minimum Gasteiger partial charge on any atom is -0.353 e. The lowest BCUT2D eigenvalue weighted by Crippen LogP contribution is -2.68. The van der Waals surface area contributed by atoms with Crippen LogP contribution >= 0.6 is 0 Å². The molecule has 4 aromatic rings. The fourth-order valence-electron chi connectivity index (χ4n) is 6.96. The molecule has 2 saturated heterocycles. The number of carbonyl (C=O) groups excluding carboxylic acids is 1. The molecule has 8 rings (SSSR count). The molecule has 2 aliphatic heterocycles. The molecule has 6 heterocycles. The Hall–Kier alpha value is -4.63. The zero-order valence-electron chi connectivity index (χ0n) is 21.7. The largest absolute Gasteiger partial charge is 0.353 e. The molecule has 0 aromatic carbocycles. The zero-order valence-corrected chi connectivity index (χ0v) is 21.7. The van der Waals surface area contributed by atoms with E-state index in [1.807, 2.05) is 31.8 Å². The highest BCUT2D eigenvalue weighted by Gasteiger charge is 2.58. The van der Waals surface area contributed by atoms with Crippen LogP contribution < -0.4 is 10.2 Å². The molecule has 9 heteroatoms. The Labute approximate surface area is 226 Å². The first-order chi connectivity index (χ1) is 19.0. The van der Waals surface area contributed by atoms with Gasteiger partial charge in [-0.05, 0) is 62.1 Å². The SMILES string of the molecule is C#CC(=O)NC1(C2CC2)CC2CCC1CN2c1ccc(-c2cc(-c3cnn(C)c3)cn3ncc(C#N)c23)cn1. The van der Waals surface area contributed by atoms with Gasteiger partial charge in [0.15, 0.2) is 0 Å². The predicted octanol–water partition coefficient (Wildman–Crippen LogP) is 3.56. The summed E-state index contributed by atoms with van der Waals surface area (Å²) in [6.07, 6.45) is 20.0. The van der Waals surface area contributed by atoms with Gasteiger partial charge in [0.05, 0.1) is 29.0 Å². The highest BCUT2D eigenvalue weighted by atomic mass is 16.1. The Morgan fingerprint density at radius 1 is 1.08 bits per heavy atom. The summed E-state index contributed by atoms with van der Waals surface area (Å²) in [5, 5.41) is 21.8. The first-order valence-electron chi connectivity index (χ1n) is 13.4. The minimum atomic E-state index is -0.292. The van der Waals surface area contributed by atoms with Gasteiger partial charge in [0.25, 0.3) is 5.91 Å². The van der Waals surface area contributed by atoms with E-state index in [1.54, 1.807) is 15.4 Å². The van der Waals surface area contributed by atoms with E-state index in [-0.39, 0.29) is 11.4 Å². The molecule has 2 saturated carbocycles. The van der Waals surface area contributed by atoms with Gasteiger partial charge in [-0.15, -0.1) is 6.42 Å². The van der Waals surface area contributed by atoms with Crippen molar-refractivity contribution >= 4 is 17.2 Å². The monoisotopic (exact) mass is 516 g/mol. The Bertz CT molecular complexity index is 1680. The van der Waals surface area contributed by atoms with Crippen LogP contribution in [0.2, 0.25) is 0 Å². The Morgan fingerprint density at radius 3 is 2.56 bits per heavy atom. The highest BCUT2D eigenvalue weighted by molar-refractivity contribution is 5.93. The Kier molecular flexibility index (Phi) is 5.24. The normalized spacial score (nSPS) is 23.9. The molecule has 1 N–H and O–H groups in total. The molecule has 0 spiro atoms. The summed E-state index contributed by atoms with van der Waals surface area (Å²) >= 11 is 0. The van der Waals surface area contributed by atoms with Gasteiger partial charge in [-0.25, -0.2) is 9.50 Å². The molecule has 2 bridgehead atoms. The molecule has 1 amide bonds. The van der Waals surface area contributed by atoms with Crippen LogP contribution in [0.3, 0.4) is 0 Å². The average molecular weight is 517 g/mol. The Morgan fingerprint density at radius 2 is 1.92 bits per heavy atom. The first-order valence-corrected chi connectivity index (χ1v) is 13.4. The second-order valence-corrected chi connectivity index (χ2v) is 11.1. The van der Waals surface area contributed by atoms with Crippen LogP contribution in [0.1, 0.15) is 37.7 Å². The zero-order chi connectivity index (χ0) is 26.7. The fraction of sp³-hybridized carbons (Fsp3) is 0.367. The number of rotatable bonds is 5. The fourth-order valence-corrected chi connectivity index (χ4v) is 6.96. The average Bonchev–Trinajstić information content (AvgIpc) is 3.62. The van der Waals surface area contributed by atoms with Crippen molar-refractivity contribution in [3.63, 3.8) is 0 Å². The second kappa shape index (κ2) is 8.71. The molecule has 3 atom stereocenters. The van der Waals surface area contributed by atoms with Crippen molar-refractivity contribution in [2.45, 2.75) is 43.7 Å². The molecule has 2 aliphatic carbocycles. The molecule has 39 heavy (non-hydrogen) atoms. The number of fused-ring (bicyclic) bond motifs is 4. The number of anilines is 1. The number of hydrogen-bond donors (Lipinski definition) is 1. The lowest BCUT2D eigenvalue weighted by molar-refractivity contribution is -0.119. The van der Waals surface area contributed by atoms with E-state index in [1.165, 1.54) is 0 Å². The third-order valence-electron chi connectivity index (χ3n) is 8.91. The van der Waals surface area contributed by atoms with Crippen LogP contribution in [-0.4, -0.2) is 48.4 Å². The quantitative estimate of drug-likeness (QED) is 0.407. The number of carbonyl (C=O) groups is 1. The number of nitriles is 1. The number of hydrogen-bond acceptors (Lipinski definition) is 6.